The Morgan fingerprint density at radius 2 is 1.00 bits per heavy atom. The van der Waals surface area contributed by atoms with Gasteiger partial charge in [-0.05, 0) is 11.1 Å². The largest absolute Gasteiger partial charge is 1.00 e. The molecule has 2 amide bonds. The van der Waals surface area contributed by atoms with Crippen molar-refractivity contribution in [2.24, 2.45) is 0 Å². The topological polar surface area (TPSA) is 46.2 Å². The number of carbonyl (C=O) groups is 2. The first-order valence-electron chi connectivity index (χ1n) is 5.98. The van der Waals surface area contributed by atoms with Crippen LogP contribution in [0.3, 0.4) is 0 Å². The van der Waals surface area contributed by atoms with E-state index >= 15 is 0 Å². The minimum absolute atomic E-state index is 0. The standard InChI is InChI=1S/C16H11NO2.Na.H/c18-15-13(11-7-3-1-4-8-11)14(16(19)17-15)12-9-5-2-6-10-12;;/h1-10H,(H,17,18,19);;/q;+1;-1. The van der Waals surface area contributed by atoms with Gasteiger partial charge in [-0.1, -0.05) is 60.7 Å². The van der Waals surface area contributed by atoms with Gasteiger partial charge in [0.05, 0.1) is 11.1 Å². The van der Waals surface area contributed by atoms with Crippen molar-refractivity contribution in [1.29, 1.82) is 0 Å². The summed E-state index contributed by atoms with van der Waals surface area (Å²) >= 11 is 0. The van der Waals surface area contributed by atoms with E-state index in [1.807, 2.05) is 60.7 Å². The molecule has 0 saturated carbocycles. The molecule has 2 aromatic carbocycles. The number of hydrogen-bond acceptors (Lipinski definition) is 2. The zero-order valence-electron chi connectivity index (χ0n) is 12.1. The molecule has 0 atom stereocenters. The predicted octanol–water partition coefficient (Wildman–Crippen LogP) is -0.630. The van der Waals surface area contributed by atoms with Gasteiger partial charge in [-0.15, -0.1) is 0 Å². The molecule has 1 aliphatic rings. The van der Waals surface area contributed by atoms with Crippen LogP contribution in [0.2, 0.25) is 0 Å². The van der Waals surface area contributed by atoms with Crippen LogP contribution in [-0.2, 0) is 9.59 Å². The Kier molecular flexibility index (Phi) is 4.55. The first kappa shape index (κ1) is 14.7. The summed E-state index contributed by atoms with van der Waals surface area (Å²) in [5.74, 6) is -0.676. The summed E-state index contributed by atoms with van der Waals surface area (Å²) < 4.78 is 0. The number of amides is 2. The van der Waals surface area contributed by atoms with Crippen molar-refractivity contribution in [2.45, 2.75) is 0 Å². The SMILES string of the molecule is O=C1NC(=O)C(c2ccccc2)=C1c1ccccc1.[H-].[Na+]. The Morgan fingerprint density at radius 3 is 1.35 bits per heavy atom. The second kappa shape index (κ2) is 6.18. The Morgan fingerprint density at radius 1 is 0.650 bits per heavy atom. The third-order valence-corrected chi connectivity index (χ3v) is 3.06. The molecule has 0 aromatic heterocycles. The van der Waals surface area contributed by atoms with E-state index in [0.29, 0.717) is 11.1 Å². The first-order valence-corrected chi connectivity index (χ1v) is 5.98. The second-order valence-electron chi connectivity index (χ2n) is 4.27. The third kappa shape index (κ3) is 2.61. The molecule has 1 heterocycles. The molecule has 94 valence electrons. The molecule has 3 rings (SSSR count). The van der Waals surface area contributed by atoms with Crippen molar-refractivity contribution in [3.05, 3.63) is 71.8 Å². The smallest absolute Gasteiger partial charge is 1.00 e. The van der Waals surface area contributed by atoms with E-state index in [9.17, 15) is 9.59 Å². The number of imide groups is 1. The van der Waals surface area contributed by atoms with Gasteiger partial charge in [0.15, 0.2) is 0 Å². The summed E-state index contributed by atoms with van der Waals surface area (Å²) in [4.78, 5) is 24.0. The van der Waals surface area contributed by atoms with E-state index in [2.05, 4.69) is 5.32 Å². The van der Waals surface area contributed by atoms with Crippen LogP contribution in [0.15, 0.2) is 60.7 Å². The van der Waals surface area contributed by atoms with Gasteiger partial charge in [0, 0.05) is 0 Å². The maximum Gasteiger partial charge on any atom is 1.00 e. The summed E-state index contributed by atoms with van der Waals surface area (Å²) in [5, 5.41) is 2.36. The quantitative estimate of drug-likeness (QED) is 0.585. The van der Waals surface area contributed by atoms with Crippen molar-refractivity contribution < 1.29 is 40.6 Å². The van der Waals surface area contributed by atoms with Crippen LogP contribution in [0.5, 0.6) is 0 Å². The van der Waals surface area contributed by atoms with E-state index in [0.717, 1.165) is 11.1 Å². The van der Waals surface area contributed by atoms with Gasteiger partial charge < -0.3 is 1.43 Å². The van der Waals surface area contributed by atoms with Crippen LogP contribution in [0.4, 0.5) is 0 Å². The van der Waals surface area contributed by atoms with E-state index < -0.39 is 0 Å². The van der Waals surface area contributed by atoms with Gasteiger partial charge in [0.1, 0.15) is 0 Å². The first-order chi connectivity index (χ1) is 9.27. The summed E-state index contributed by atoms with van der Waals surface area (Å²) in [7, 11) is 0. The van der Waals surface area contributed by atoms with E-state index in [1.165, 1.54) is 0 Å². The Hall–Kier alpha value is -1.68. The minimum atomic E-state index is -0.338. The summed E-state index contributed by atoms with van der Waals surface area (Å²) in [6.07, 6.45) is 0. The maximum atomic E-state index is 12.0. The molecule has 0 spiro atoms. The number of hydrogen-bond donors (Lipinski definition) is 1. The van der Waals surface area contributed by atoms with Crippen LogP contribution in [-0.4, -0.2) is 11.8 Å². The van der Waals surface area contributed by atoms with Gasteiger partial charge in [-0.25, -0.2) is 0 Å². The fourth-order valence-electron chi connectivity index (χ4n) is 2.22. The van der Waals surface area contributed by atoms with Crippen LogP contribution < -0.4 is 34.9 Å². The summed E-state index contributed by atoms with van der Waals surface area (Å²) in [6, 6.07) is 18.5. The molecule has 0 saturated heterocycles. The second-order valence-corrected chi connectivity index (χ2v) is 4.27. The van der Waals surface area contributed by atoms with Gasteiger partial charge in [0.25, 0.3) is 11.8 Å². The summed E-state index contributed by atoms with van der Waals surface area (Å²) in [5.41, 5.74) is 2.39. The molecule has 0 radical (unpaired) electrons. The van der Waals surface area contributed by atoms with Crippen LogP contribution >= 0.6 is 0 Å². The van der Waals surface area contributed by atoms with Gasteiger partial charge in [-0.2, -0.15) is 0 Å². The molecule has 0 fully saturated rings. The van der Waals surface area contributed by atoms with E-state index in [-0.39, 0.29) is 42.8 Å². The average molecular weight is 273 g/mol. The monoisotopic (exact) mass is 273 g/mol. The fourth-order valence-corrected chi connectivity index (χ4v) is 2.22. The summed E-state index contributed by atoms with van der Waals surface area (Å²) in [6.45, 7) is 0. The Bertz CT molecular complexity index is 624. The van der Waals surface area contributed by atoms with Crippen LogP contribution in [0.1, 0.15) is 12.6 Å². The third-order valence-electron chi connectivity index (χ3n) is 3.06. The molecule has 1 aliphatic heterocycles. The number of carbonyl (C=O) groups excluding carboxylic acids is 2. The van der Waals surface area contributed by atoms with Crippen LogP contribution in [0, 0.1) is 0 Å². The van der Waals surface area contributed by atoms with Crippen molar-refractivity contribution in [3.8, 4) is 0 Å². The molecule has 2 aromatic rings. The molecular formula is C16H12NNaO2. The number of rotatable bonds is 2. The van der Waals surface area contributed by atoms with E-state index in [4.69, 9.17) is 0 Å². The fraction of sp³-hybridized carbons (Fsp3) is 0. The Balaban J connectivity index is 0.00000110. The zero-order valence-corrected chi connectivity index (χ0v) is 13.1. The van der Waals surface area contributed by atoms with Crippen molar-refractivity contribution >= 4 is 23.0 Å². The van der Waals surface area contributed by atoms with Gasteiger partial charge >= 0.3 is 29.6 Å². The predicted molar refractivity (Wildman–Crippen MR) is 74.0 cm³/mol. The molecular weight excluding hydrogens is 261 g/mol. The Labute approximate surface area is 140 Å². The zero-order chi connectivity index (χ0) is 13.2. The minimum Gasteiger partial charge on any atom is -1.00 e. The molecule has 0 aliphatic carbocycles. The average Bonchev–Trinajstić information content (AvgIpc) is 2.75. The molecule has 4 heteroatoms. The molecule has 3 nitrogen and oxygen atoms in total. The van der Waals surface area contributed by atoms with Crippen molar-refractivity contribution in [1.82, 2.24) is 5.32 Å². The maximum absolute atomic E-state index is 12.0. The number of benzene rings is 2. The van der Waals surface area contributed by atoms with Gasteiger partial charge in [-0.3, -0.25) is 14.9 Å². The molecule has 1 N–H and O–H groups in total. The van der Waals surface area contributed by atoms with Gasteiger partial charge in [0.2, 0.25) is 0 Å². The van der Waals surface area contributed by atoms with Crippen molar-refractivity contribution in [2.75, 3.05) is 0 Å². The van der Waals surface area contributed by atoms with Crippen molar-refractivity contribution in [3.63, 3.8) is 0 Å². The van der Waals surface area contributed by atoms with Crippen LogP contribution in [0.25, 0.3) is 11.1 Å². The normalized spacial score (nSPS) is 14.0. The molecule has 0 unspecified atom stereocenters. The molecule has 20 heavy (non-hydrogen) atoms. The number of nitrogens with one attached hydrogen (secondary N) is 1. The molecule has 0 bridgehead atoms. The van der Waals surface area contributed by atoms with E-state index in [1.54, 1.807) is 0 Å².